The van der Waals surface area contributed by atoms with E-state index in [1.165, 1.54) is 45.6 Å². The molecule has 0 atom stereocenters. The zero-order valence-electron chi connectivity index (χ0n) is 6.90. The van der Waals surface area contributed by atoms with Crippen LogP contribution in [0.4, 0.5) is 0 Å². The molecule has 0 amide bonds. The summed E-state index contributed by atoms with van der Waals surface area (Å²) < 4.78 is 0. The summed E-state index contributed by atoms with van der Waals surface area (Å²) in [5.41, 5.74) is 0. The van der Waals surface area contributed by atoms with Crippen molar-refractivity contribution in [3.63, 3.8) is 0 Å². The van der Waals surface area contributed by atoms with Crippen LogP contribution in [0.3, 0.4) is 0 Å². The van der Waals surface area contributed by atoms with Gasteiger partial charge in [-0.1, -0.05) is 13.3 Å². The maximum atomic E-state index is 3.35. The van der Waals surface area contributed by atoms with Gasteiger partial charge in [0, 0.05) is 26.2 Å². The minimum absolute atomic E-state index is 1.18. The van der Waals surface area contributed by atoms with Gasteiger partial charge in [0.1, 0.15) is 0 Å². The number of nitrogens with one attached hydrogen (secondary N) is 1. The van der Waals surface area contributed by atoms with Gasteiger partial charge >= 0.3 is 0 Å². The van der Waals surface area contributed by atoms with Crippen LogP contribution < -0.4 is 5.32 Å². The van der Waals surface area contributed by atoms with E-state index < -0.39 is 0 Å². The Morgan fingerprint density at radius 3 is 2.60 bits per heavy atom. The Morgan fingerprint density at radius 2 is 2.00 bits per heavy atom. The average Bonchev–Trinajstić information content (AvgIpc) is 2.03. The fourth-order valence-electron chi connectivity index (χ4n) is 1.32. The number of rotatable bonds is 3. The zero-order chi connectivity index (χ0) is 7.23. The van der Waals surface area contributed by atoms with Crippen molar-refractivity contribution in [1.29, 1.82) is 0 Å². The molecule has 10 heavy (non-hydrogen) atoms. The van der Waals surface area contributed by atoms with Crippen LogP contribution in [0.1, 0.15) is 19.8 Å². The van der Waals surface area contributed by atoms with Crippen molar-refractivity contribution in [3.05, 3.63) is 0 Å². The van der Waals surface area contributed by atoms with Gasteiger partial charge in [-0.15, -0.1) is 0 Å². The van der Waals surface area contributed by atoms with E-state index in [4.69, 9.17) is 0 Å². The molecule has 0 saturated carbocycles. The van der Waals surface area contributed by atoms with E-state index in [0.717, 1.165) is 0 Å². The van der Waals surface area contributed by atoms with E-state index in [-0.39, 0.29) is 0 Å². The highest BCUT2D eigenvalue weighted by atomic mass is 15.2. The number of hydrogen-bond donors (Lipinski definition) is 1. The van der Waals surface area contributed by atoms with Gasteiger partial charge in [-0.3, -0.25) is 0 Å². The van der Waals surface area contributed by atoms with Crippen molar-refractivity contribution in [1.82, 2.24) is 10.2 Å². The highest BCUT2D eigenvalue weighted by Crippen LogP contribution is 1.95. The summed E-state index contributed by atoms with van der Waals surface area (Å²) in [6.07, 6.45) is 2.68. The molecule has 0 aliphatic carbocycles. The fraction of sp³-hybridized carbons (Fsp3) is 1.00. The maximum absolute atomic E-state index is 3.35. The Morgan fingerprint density at radius 1 is 1.30 bits per heavy atom. The molecule has 1 saturated heterocycles. The van der Waals surface area contributed by atoms with Crippen LogP contribution in [-0.2, 0) is 0 Å². The largest absolute Gasteiger partial charge is 0.314 e. The summed E-state index contributed by atoms with van der Waals surface area (Å²) in [5, 5.41) is 3.35. The average molecular weight is 142 g/mol. The van der Waals surface area contributed by atoms with Crippen LogP contribution in [0.2, 0.25) is 0 Å². The Balaban J connectivity index is 2.02. The monoisotopic (exact) mass is 142 g/mol. The molecule has 2 nitrogen and oxygen atoms in total. The first-order valence-corrected chi connectivity index (χ1v) is 4.36. The normalized spacial score (nSPS) is 21.3. The van der Waals surface area contributed by atoms with Gasteiger partial charge < -0.3 is 10.2 Å². The van der Waals surface area contributed by atoms with Crippen molar-refractivity contribution in [3.8, 4) is 0 Å². The van der Waals surface area contributed by atoms with Gasteiger partial charge in [0.05, 0.1) is 0 Å². The van der Waals surface area contributed by atoms with Gasteiger partial charge in [-0.25, -0.2) is 0 Å². The summed E-state index contributed by atoms with van der Waals surface area (Å²) in [4.78, 5) is 2.54. The van der Waals surface area contributed by atoms with Crippen molar-refractivity contribution < 1.29 is 0 Å². The second-order valence-electron chi connectivity index (χ2n) is 2.95. The Bertz CT molecular complexity index is 77.3. The van der Waals surface area contributed by atoms with Gasteiger partial charge in [0.2, 0.25) is 0 Å². The van der Waals surface area contributed by atoms with Gasteiger partial charge in [-0.2, -0.15) is 0 Å². The fourth-order valence-corrected chi connectivity index (χ4v) is 1.32. The van der Waals surface area contributed by atoms with Crippen LogP contribution in [-0.4, -0.2) is 37.6 Å². The molecule has 2 heteroatoms. The van der Waals surface area contributed by atoms with Crippen molar-refractivity contribution in [2.45, 2.75) is 19.8 Å². The second-order valence-corrected chi connectivity index (χ2v) is 2.95. The molecule has 0 unspecified atom stereocenters. The molecule has 0 aromatic rings. The molecule has 1 aliphatic rings. The third-order valence-electron chi connectivity index (χ3n) is 2.04. The molecule has 0 aromatic carbocycles. The van der Waals surface area contributed by atoms with Crippen molar-refractivity contribution in [2.24, 2.45) is 0 Å². The molecule has 60 valence electrons. The van der Waals surface area contributed by atoms with E-state index >= 15 is 0 Å². The molecule has 1 rings (SSSR count). The van der Waals surface area contributed by atoms with Crippen molar-refractivity contribution in [2.75, 3.05) is 32.7 Å². The summed E-state index contributed by atoms with van der Waals surface area (Å²) in [6, 6.07) is 0. The number of nitrogens with zero attached hydrogens (tertiary/aromatic N) is 1. The summed E-state index contributed by atoms with van der Waals surface area (Å²) in [7, 11) is 0. The highest BCUT2D eigenvalue weighted by Gasteiger charge is 2.06. The van der Waals surface area contributed by atoms with Crippen LogP contribution in [0, 0.1) is 0 Å². The topological polar surface area (TPSA) is 15.3 Å². The third-order valence-corrected chi connectivity index (χ3v) is 2.04. The van der Waals surface area contributed by atoms with E-state index in [1.54, 1.807) is 0 Å². The maximum Gasteiger partial charge on any atom is 0.0107 e. The van der Waals surface area contributed by atoms with Crippen LogP contribution in [0.15, 0.2) is 0 Å². The summed E-state index contributed by atoms with van der Waals surface area (Å²) in [5.74, 6) is 0. The molecular formula is C8H18N2. The van der Waals surface area contributed by atoms with E-state index in [2.05, 4.69) is 17.1 Å². The summed E-state index contributed by atoms with van der Waals surface area (Å²) >= 11 is 0. The van der Waals surface area contributed by atoms with Crippen LogP contribution in [0.5, 0.6) is 0 Å². The molecule has 1 aliphatic heterocycles. The number of hydrogen-bond acceptors (Lipinski definition) is 2. The smallest absolute Gasteiger partial charge is 0.0107 e. The van der Waals surface area contributed by atoms with Gasteiger partial charge in [0.25, 0.3) is 0 Å². The molecule has 0 spiro atoms. The predicted molar refractivity (Wildman–Crippen MR) is 44.2 cm³/mol. The first-order chi connectivity index (χ1) is 4.93. The van der Waals surface area contributed by atoms with E-state index in [9.17, 15) is 0 Å². The van der Waals surface area contributed by atoms with Crippen LogP contribution in [0.25, 0.3) is 0 Å². The molecule has 0 bridgehead atoms. The highest BCUT2D eigenvalue weighted by molar-refractivity contribution is 4.66. The first kappa shape index (κ1) is 8.02. The molecule has 0 radical (unpaired) electrons. The number of piperazine rings is 1. The first-order valence-electron chi connectivity index (χ1n) is 4.36. The lowest BCUT2D eigenvalue weighted by Gasteiger charge is -2.26. The molecule has 0 aromatic heterocycles. The second kappa shape index (κ2) is 4.69. The molecular weight excluding hydrogens is 124 g/mol. The predicted octanol–water partition coefficient (Wildman–Crippen LogP) is 0.692. The zero-order valence-corrected chi connectivity index (χ0v) is 6.90. The van der Waals surface area contributed by atoms with E-state index in [1.807, 2.05) is 0 Å². The third kappa shape index (κ3) is 2.67. The number of unbranched alkanes of at least 4 members (excludes halogenated alkanes) is 1. The molecule has 1 fully saturated rings. The van der Waals surface area contributed by atoms with Crippen molar-refractivity contribution >= 4 is 0 Å². The van der Waals surface area contributed by atoms with Gasteiger partial charge in [-0.05, 0) is 13.0 Å². The minimum atomic E-state index is 1.18. The SMILES string of the molecule is CCCCN1CCNCC1. The summed E-state index contributed by atoms with van der Waals surface area (Å²) in [6.45, 7) is 8.42. The minimum Gasteiger partial charge on any atom is -0.314 e. The molecule has 1 heterocycles. The quantitative estimate of drug-likeness (QED) is 0.624. The van der Waals surface area contributed by atoms with E-state index in [0.29, 0.717) is 0 Å². The Hall–Kier alpha value is -0.0800. The Kier molecular flexibility index (Phi) is 3.76. The Labute approximate surface area is 63.6 Å². The molecule has 1 N–H and O–H groups in total. The lowest BCUT2D eigenvalue weighted by atomic mass is 10.3. The van der Waals surface area contributed by atoms with Gasteiger partial charge in [0.15, 0.2) is 0 Å². The van der Waals surface area contributed by atoms with Crippen LogP contribution >= 0.6 is 0 Å². The lowest BCUT2D eigenvalue weighted by Crippen LogP contribution is -2.43. The standard InChI is InChI=1S/C8H18N2/c1-2-3-6-10-7-4-9-5-8-10/h9H,2-8H2,1H3. The lowest BCUT2D eigenvalue weighted by molar-refractivity contribution is 0.238.